The normalized spacial score (nSPS) is 12.1. The van der Waals surface area contributed by atoms with Crippen molar-refractivity contribution >= 4 is 35.8 Å². The Morgan fingerprint density at radius 2 is 1.31 bits per heavy atom. The van der Waals surface area contributed by atoms with Gasteiger partial charge < -0.3 is 41.0 Å². The van der Waals surface area contributed by atoms with E-state index in [1.165, 1.54) is 7.05 Å². The number of rotatable bonds is 17. The number of nitrogens with zero attached hydrogens (tertiary/aromatic N) is 1. The average Bonchev–Trinajstić information content (AvgIpc) is 3.03. The summed E-state index contributed by atoms with van der Waals surface area (Å²) in [7, 11) is 1.44. The molecule has 0 unspecified atom stereocenters. The minimum atomic E-state index is -1.03. The third kappa shape index (κ3) is 17.0. The Hall–Kier alpha value is -5.14. The van der Waals surface area contributed by atoms with Crippen LogP contribution in [0.25, 0.3) is 0 Å². The molecule has 6 amide bonds. The topological polar surface area (TPSA) is 184 Å². The largest absolute Gasteiger partial charge is 0.445 e. The van der Waals surface area contributed by atoms with Gasteiger partial charge in [-0.2, -0.15) is 0 Å². The van der Waals surface area contributed by atoms with E-state index in [-0.39, 0.29) is 51.5 Å². The summed E-state index contributed by atoms with van der Waals surface area (Å²) in [6, 6.07) is 16.3. The van der Waals surface area contributed by atoms with Gasteiger partial charge in [0.25, 0.3) is 0 Å². The van der Waals surface area contributed by atoms with E-state index in [1.54, 1.807) is 20.8 Å². The van der Waals surface area contributed by atoms with Crippen LogP contribution in [0.5, 0.6) is 0 Å². The number of ether oxygens (including phenoxy) is 2. The van der Waals surface area contributed by atoms with E-state index in [0.29, 0.717) is 0 Å². The smallest absolute Gasteiger partial charge is 0.410 e. The Balaban J connectivity index is 1.82. The van der Waals surface area contributed by atoms with Crippen molar-refractivity contribution in [2.75, 3.05) is 33.2 Å². The van der Waals surface area contributed by atoms with E-state index >= 15 is 0 Å². The van der Waals surface area contributed by atoms with Crippen molar-refractivity contribution in [2.24, 2.45) is 5.92 Å². The SMILES string of the molecule is CC(C)C[C@H](NC(=O)[C@H](Cc1ccccc1)NC(=O)OC(C)(C)C)C(=O)NCC(=O)NCCNC(=O)CN(C)C(=O)OCc1ccccc1. The highest BCUT2D eigenvalue weighted by Crippen LogP contribution is 2.11. The number of carbonyl (C=O) groups excluding carboxylic acids is 6. The second kappa shape index (κ2) is 20.3. The summed E-state index contributed by atoms with van der Waals surface area (Å²) in [4.78, 5) is 77.0. The summed E-state index contributed by atoms with van der Waals surface area (Å²) in [5, 5.41) is 13.1. The fraction of sp³-hybridized carbons (Fsp3) is 0.486. The molecule has 5 N–H and O–H groups in total. The Labute approximate surface area is 288 Å². The minimum absolute atomic E-state index is 0.0182. The second-order valence-electron chi connectivity index (χ2n) is 12.9. The van der Waals surface area contributed by atoms with Crippen LogP contribution in [0.4, 0.5) is 9.59 Å². The predicted molar refractivity (Wildman–Crippen MR) is 183 cm³/mol. The van der Waals surface area contributed by atoms with Crippen LogP contribution in [0.1, 0.15) is 52.2 Å². The van der Waals surface area contributed by atoms with E-state index in [2.05, 4.69) is 26.6 Å². The van der Waals surface area contributed by atoms with E-state index in [1.807, 2.05) is 74.5 Å². The minimum Gasteiger partial charge on any atom is -0.445 e. The summed E-state index contributed by atoms with van der Waals surface area (Å²) in [6.07, 6.45) is -0.977. The fourth-order valence-corrected chi connectivity index (χ4v) is 4.41. The van der Waals surface area contributed by atoms with Crippen LogP contribution in [0.2, 0.25) is 0 Å². The molecule has 14 heteroatoms. The van der Waals surface area contributed by atoms with Crippen LogP contribution in [-0.4, -0.2) is 91.6 Å². The molecular formula is C35H50N6O8. The Bertz CT molecular complexity index is 1380. The highest BCUT2D eigenvalue weighted by atomic mass is 16.6. The summed E-state index contributed by atoms with van der Waals surface area (Å²) < 4.78 is 10.5. The molecule has 0 aliphatic carbocycles. The molecule has 0 fully saturated rings. The maximum Gasteiger partial charge on any atom is 0.410 e. The van der Waals surface area contributed by atoms with Gasteiger partial charge in [-0.1, -0.05) is 74.5 Å². The molecule has 0 aromatic heterocycles. The molecule has 0 heterocycles. The molecule has 2 aromatic rings. The van der Waals surface area contributed by atoms with Crippen molar-refractivity contribution in [3.63, 3.8) is 0 Å². The molecular weight excluding hydrogens is 632 g/mol. The zero-order chi connectivity index (χ0) is 36.4. The maximum absolute atomic E-state index is 13.4. The van der Waals surface area contributed by atoms with Gasteiger partial charge in [-0.05, 0) is 44.2 Å². The van der Waals surface area contributed by atoms with Crippen molar-refractivity contribution < 1.29 is 38.2 Å². The molecule has 0 saturated carbocycles. The van der Waals surface area contributed by atoms with Crippen LogP contribution in [0, 0.1) is 5.92 Å². The lowest BCUT2D eigenvalue weighted by molar-refractivity contribution is -0.131. The lowest BCUT2D eigenvalue weighted by Gasteiger charge is -2.26. The fourth-order valence-electron chi connectivity index (χ4n) is 4.41. The lowest BCUT2D eigenvalue weighted by Crippen LogP contribution is -2.55. The van der Waals surface area contributed by atoms with E-state index in [9.17, 15) is 28.8 Å². The Kier molecular flexibility index (Phi) is 16.6. The number of hydrogen-bond acceptors (Lipinski definition) is 8. The molecule has 2 atom stereocenters. The third-order valence-corrected chi connectivity index (χ3v) is 6.72. The molecule has 0 spiro atoms. The third-order valence-electron chi connectivity index (χ3n) is 6.72. The van der Waals surface area contributed by atoms with Crippen LogP contribution in [-0.2, 0) is 41.7 Å². The van der Waals surface area contributed by atoms with Crippen LogP contribution in [0.15, 0.2) is 60.7 Å². The first-order valence-corrected chi connectivity index (χ1v) is 16.2. The molecule has 0 saturated heterocycles. The van der Waals surface area contributed by atoms with Gasteiger partial charge in [0.05, 0.1) is 6.54 Å². The van der Waals surface area contributed by atoms with Gasteiger partial charge in [-0.25, -0.2) is 9.59 Å². The number of alkyl carbamates (subject to hydrolysis) is 1. The van der Waals surface area contributed by atoms with Gasteiger partial charge in [0, 0.05) is 26.6 Å². The van der Waals surface area contributed by atoms with Crippen LogP contribution >= 0.6 is 0 Å². The summed E-state index contributed by atoms with van der Waals surface area (Å²) in [6.45, 7) is 8.55. The van der Waals surface area contributed by atoms with Gasteiger partial charge in [0.2, 0.25) is 23.6 Å². The first kappa shape index (κ1) is 40.0. The standard InChI is InChI=1S/C35H50N6O8/c1-24(2)19-27(39-32(45)28(20-25-13-9-7-10-14-25)40-33(46)49-35(3,4)5)31(44)38-21-29(42)36-17-18-37-30(43)22-41(6)34(47)48-23-26-15-11-8-12-16-26/h7-16,24,27-28H,17-23H2,1-6H3,(H,36,42)(H,37,43)(H,38,44)(H,39,45)(H,40,46)/t27-,28-/m0/s1. The van der Waals surface area contributed by atoms with Crippen LogP contribution < -0.4 is 26.6 Å². The number of nitrogens with one attached hydrogen (secondary N) is 5. The van der Waals surface area contributed by atoms with Gasteiger partial charge in [-0.3, -0.25) is 19.2 Å². The lowest BCUT2D eigenvalue weighted by atomic mass is 10.0. The molecule has 268 valence electrons. The molecule has 2 aromatic carbocycles. The van der Waals surface area contributed by atoms with Crippen molar-refractivity contribution in [1.29, 1.82) is 0 Å². The van der Waals surface area contributed by atoms with Gasteiger partial charge in [-0.15, -0.1) is 0 Å². The maximum atomic E-state index is 13.4. The predicted octanol–water partition coefficient (Wildman–Crippen LogP) is 2.27. The monoisotopic (exact) mass is 682 g/mol. The van der Waals surface area contributed by atoms with Crippen molar-refractivity contribution in [3.05, 3.63) is 71.8 Å². The number of carbonyl (C=O) groups is 6. The van der Waals surface area contributed by atoms with E-state index in [4.69, 9.17) is 9.47 Å². The molecule has 0 radical (unpaired) electrons. The van der Waals surface area contributed by atoms with Gasteiger partial charge in [0.1, 0.15) is 30.8 Å². The van der Waals surface area contributed by atoms with Crippen molar-refractivity contribution in [1.82, 2.24) is 31.5 Å². The van der Waals surface area contributed by atoms with E-state index < -0.39 is 53.5 Å². The Morgan fingerprint density at radius 3 is 1.88 bits per heavy atom. The molecule has 0 aliphatic rings. The first-order chi connectivity index (χ1) is 23.1. The second-order valence-corrected chi connectivity index (χ2v) is 12.9. The molecule has 0 aliphatic heterocycles. The summed E-state index contributed by atoms with van der Waals surface area (Å²) in [5.41, 5.74) is 0.838. The molecule has 2 rings (SSSR count). The number of amides is 6. The van der Waals surface area contributed by atoms with E-state index in [0.717, 1.165) is 16.0 Å². The zero-order valence-corrected chi connectivity index (χ0v) is 29.2. The van der Waals surface area contributed by atoms with Crippen molar-refractivity contribution in [2.45, 2.75) is 71.8 Å². The van der Waals surface area contributed by atoms with Crippen molar-refractivity contribution in [3.8, 4) is 0 Å². The highest BCUT2D eigenvalue weighted by Gasteiger charge is 2.29. The zero-order valence-electron chi connectivity index (χ0n) is 29.2. The van der Waals surface area contributed by atoms with Crippen LogP contribution in [0.3, 0.4) is 0 Å². The number of benzene rings is 2. The highest BCUT2D eigenvalue weighted by molar-refractivity contribution is 5.93. The molecule has 49 heavy (non-hydrogen) atoms. The number of hydrogen-bond donors (Lipinski definition) is 5. The average molecular weight is 683 g/mol. The number of likely N-dealkylation sites (N-methyl/N-ethyl adjacent to an activating group) is 1. The van der Waals surface area contributed by atoms with Gasteiger partial charge in [0.15, 0.2) is 0 Å². The quantitative estimate of drug-likeness (QED) is 0.157. The first-order valence-electron chi connectivity index (χ1n) is 16.2. The molecule has 14 nitrogen and oxygen atoms in total. The Morgan fingerprint density at radius 1 is 0.735 bits per heavy atom. The molecule has 0 bridgehead atoms. The summed E-state index contributed by atoms with van der Waals surface area (Å²) >= 11 is 0. The van der Waals surface area contributed by atoms with Gasteiger partial charge >= 0.3 is 12.2 Å². The summed E-state index contributed by atoms with van der Waals surface area (Å²) in [5.74, 6) is -2.08.